The summed E-state index contributed by atoms with van der Waals surface area (Å²) in [6.07, 6.45) is 1.68. The maximum Gasteiger partial charge on any atom is 0.329 e. The smallest absolute Gasteiger partial charge is 0.329 e. The zero-order valence-corrected chi connectivity index (χ0v) is 13.0. The summed E-state index contributed by atoms with van der Waals surface area (Å²) in [5.41, 5.74) is 4.77. The molecule has 0 aliphatic heterocycles. The molecule has 1 aliphatic carbocycles. The summed E-state index contributed by atoms with van der Waals surface area (Å²) in [4.78, 5) is 22.1. The van der Waals surface area contributed by atoms with Crippen molar-refractivity contribution in [1.29, 1.82) is 0 Å². The molecule has 1 saturated carbocycles. The van der Waals surface area contributed by atoms with Crippen LogP contribution in [-0.4, -0.2) is 30.1 Å². The lowest BCUT2D eigenvalue weighted by molar-refractivity contribution is -0.385. The fourth-order valence-electron chi connectivity index (χ4n) is 2.07. The van der Waals surface area contributed by atoms with E-state index in [1.165, 1.54) is 19.2 Å². The van der Waals surface area contributed by atoms with Gasteiger partial charge in [0.15, 0.2) is 5.54 Å². The first kappa shape index (κ1) is 15.7. The predicted octanol–water partition coefficient (Wildman–Crippen LogP) is 2.02. The fourth-order valence-corrected chi connectivity index (χ4v) is 2.53. The van der Waals surface area contributed by atoms with E-state index in [4.69, 9.17) is 15.2 Å². The van der Waals surface area contributed by atoms with E-state index in [1.54, 1.807) is 6.07 Å². The van der Waals surface area contributed by atoms with Crippen LogP contribution in [0.4, 0.5) is 5.69 Å². The van der Waals surface area contributed by atoms with Gasteiger partial charge in [-0.2, -0.15) is 0 Å². The van der Waals surface area contributed by atoms with Gasteiger partial charge in [0.2, 0.25) is 0 Å². The summed E-state index contributed by atoms with van der Waals surface area (Å²) in [7, 11) is 1.27. The van der Waals surface area contributed by atoms with Crippen LogP contribution in [-0.2, 0) is 9.53 Å². The van der Waals surface area contributed by atoms with E-state index in [1.807, 2.05) is 0 Å². The predicted molar refractivity (Wildman–Crippen MR) is 77.9 cm³/mol. The number of non-ortho nitro benzene ring substituents is 1. The van der Waals surface area contributed by atoms with Gasteiger partial charge in [-0.3, -0.25) is 10.1 Å². The monoisotopic (exact) mass is 358 g/mol. The number of nitrogens with two attached hydrogens (primary N) is 1. The number of methoxy groups -OCH3 is 1. The van der Waals surface area contributed by atoms with Gasteiger partial charge < -0.3 is 15.2 Å². The summed E-state index contributed by atoms with van der Waals surface area (Å²) in [6.45, 7) is -0.0854. The number of ether oxygens (including phenoxy) is 2. The van der Waals surface area contributed by atoms with E-state index < -0.39 is 16.4 Å². The molecule has 114 valence electrons. The molecule has 1 unspecified atom stereocenters. The third-order valence-electron chi connectivity index (χ3n) is 3.42. The summed E-state index contributed by atoms with van der Waals surface area (Å²) >= 11 is 3.18. The molecule has 1 atom stereocenters. The standard InChI is InChI=1S/C13H15BrN2O5/c1-20-12(17)13(15,8-2-3-8)7-21-11-5-9(14)4-10(6-11)16(18)19/h4-6,8H,2-3,7,15H2,1H3. The second-order valence-corrected chi connectivity index (χ2v) is 5.91. The molecule has 1 aliphatic rings. The van der Waals surface area contributed by atoms with Crippen LogP contribution in [0.3, 0.4) is 0 Å². The molecule has 0 radical (unpaired) electrons. The first-order chi connectivity index (χ1) is 9.86. The van der Waals surface area contributed by atoms with Crippen molar-refractivity contribution < 1.29 is 19.2 Å². The minimum Gasteiger partial charge on any atom is -0.491 e. The van der Waals surface area contributed by atoms with Gasteiger partial charge in [0.1, 0.15) is 12.4 Å². The Morgan fingerprint density at radius 1 is 1.52 bits per heavy atom. The first-order valence-corrected chi connectivity index (χ1v) is 7.11. The molecule has 7 nitrogen and oxygen atoms in total. The van der Waals surface area contributed by atoms with Crippen molar-refractivity contribution in [1.82, 2.24) is 0 Å². The lowest BCUT2D eigenvalue weighted by Gasteiger charge is -2.26. The van der Waals surface area contributed by atoms with Crippen LogP contribution in [0.1, 0.15) is 12.8 Å². The number of rotatable bonds is 6. The Kier molecular flexibility index (Phi) is 4.48. The van der Waals surface area contributed by atoms with Gasteiger partial charge in [0, 0.05) is 10.5 Å². The highest BCUT2D eigenvalue weighted by Crippen LogP contribution is 2.39. The van der Waals surface area contributed by atoms with Crippen molar-refractivity contribution in [3.8, 4) is 5.75 Å². The van der Waals surface area contributed by atoms with Crippen LogP contribution in [0.25, 0.3) is 0 Å². The molecule has 1 aromatic carbocycles. The SMILES string of the molecule is COC(=O)C(N)(COc1cc(Br)cc([N+](=O)[O-])c1)C1CC1. The molecular formula is C13H15BrN2O5. The van der Waals surface area contributed by atoms with Gasteiger partial charge in [0.25, 0.3) is 5.69 Å². The highest BCUT2D eigenvalue weighted by molar-refractivity contribution is 9.10. The Hall–Kier alpha value is -1.67. The molecule has 0 saturated heterocycles. The zero-order chi connectivity index (χ0) is 15.6. The van der Waals surface area contributed by atoms with Crippen molar-refractivity contribution in [2.75, 3.05) is 13.7 Å². The van der Waals surface area contributed by atoms with Gasteiger partial charge in [-0.25, -0.2) is 4.79 Å². The Bertz CT molecular complexity index is 576. The van der Waals surface area contributed by atoms with Gasteiger partial charge in [-0.05, 0) is 24.8 Å². The van der Waals surface area contributed by atoms with Crippen molar-refractivity contribution in [2.45, 2.75) is 18.4 Å². The second kappa shape index (κ2) is 5.98. The Morgan fingerprint density at radius 3 is 2.71 bits per heavy atom. The molecule has 0 heterocycles. The van der Waals surface area contributed by atoms with E-state index in [-0.39, 0.29) is 24.0 Å². The second-order valence-electron chi connectivity index (χ2n) is 5.00. The third kappa shape index (κ3) is 3.51. The topological polar surface area (TPSA) is 105 Å². The van der Waals surface area contributed by atoms with Gasteiger partial charge >= 0.3 is 5.97 Å². The zero-order valence-electron chi connectivity index (χ0n) is 11.4. The van der Waals surface area contributed by atoms with Crippen molar-refractivity contribution in [3.63, 3.8) is 0 Å². The van der Waals surface area contributed by atoms with E-state index >= 15 is 0 Å². The van der Waals surface area contributed by atoms with Crippen molar-refractivity contribution >= 4 is 27.6 Å². The first-order valence-electron chi connectivity index (χ1n) is 6.32. The Labute approximate surface area is 129 Å². The van der Waals surface area contributed by atoms with Gasteiger partial charge in [-0.1, -0.05) is 15.9 Å². The number of carbonyl (C=O) groups excluding carboxylic acids is 1. The minimum absolute atomic E-state index is 0.0205. The third-order valence-corrected chi connectivity index (χ3v) is 3.87. The maximum absolute atomic E-state index is 11.8. The van der Waals surface area contributed by atoms with Gasteiger partial charge in [0.05, 0.1) is 18.1 Å². The lowest BCUT2D eigenvalue weighted by Crippen LogP contribution is -2.55. The van der Waals surface area contributed by atoms with Crippen molar-refractivity contribution in [3.05, 3.63) is 32.8 Å². The molecule has 2 N–H and O–H groups in total. The van der Waals surface area contributed by atoms with E-state index in [0.717, 1.165) is 12.8 Å². The van der Waals surface area contributed by atoms with Crippen LogP contribution in [0.5, 0.6) is 5.75 Å². The summed E-state index contributed by atoms with van der Waals surface area (Å²) in [5, 5.41) is 10.8. The Balaban J connectivity index is 2.14. The number of nitrogens with zero attached hydrogens (tertiary/aromatic N) is 1. The summed E-state index contributed by atoms with van der Waals surface area (Å²) < 4.78 is 10.7. The number of benzene rings is 1. The molecule has 0 bridgehead atoms. The maximum atomic E-state index is 11.8. The number of esters is 1. The lowest BCUT2D eigenvalue weighted by atomic mass is 9.96. The number of hydrogen-bond acceptors (Lipinski definition) is 6. The van der Waals surface area contributed by atoms with E-state index in [9.17, 15) is 14.9 Å². The molecule has 1 aromatic rings. The molecule has 0 aromatic heterocycles. The fraction of sp³-hybridized carbons (Fsp3) is 0.462. The van der Waals surface area contributed by atoms with Crippen LogP contribution in [0.15, 0.2) is 22.7 Å². The highest BCUT2D eigenvalue weighted by Gasteiger charge is 2.49. The van der Waals surface area contributed by atoms with E-state index in [0.29, 0.717) is 4.47 Å². The number of halogens is 1. The molecule has 0 spiro atoms. The number of hydrogen-bond donors (Lipinski definition) is 1. The summed E-state index contributed by atoms with van der Waals surface area (Å²) in [6, 6.07) is 4.23. The number of nitro benzene ring substituents is 1. The molecule has 21 heavy (non-hydrogen) atoms. The molecule has 2 rings (SSSR count). The number of nitro groups is 1. The van der Waals surface area contributed by atoms with Crippen LogP contribution in [0, 0.1) is 16.0 Å². The quantitative estimate of drug-likeness (QED) is 0.473. The average Bonchev–Trinajstić information content (AvgIpc) is 3.28. The molecule has 0 amide bonds. The van der Waals surface area contributed by atoms with Crippen LogP contribution >= 0.6 is 15.9 Å². The van der Waals surface area contributed by atoms with Crippen molar-refractivity contribution in [2.24, 2.45) is 11.7 Å². The summed E-state index contributed by atoms with van der Waals surface area (Å²) in [5.74, 6) is -0.239. The molecular weight excluding hydrogens is 344 g/mol. The number of carbonyl (C=O) groups is 1. The largest absolute Gasteiger partial charge is 0.491 e. The minimum atomic E-state index is -1.22. The van der Waals surface area contributed by atoms with E-state index in [2.05, 4.69) is 15.9 Å². The molecule has 1 fully saturated rings. The highest BCUT2D eigenvalue weighted by atomic mass is 79.9. The average molecular weight is 359 g/mol. The van der Waals surface area contributed by atoms with Crippen LogP contribution in [0.2, 0.25) is 0 Å². The Morgan fingerprint density at radius 2 is 2.19 bits per heavy atom. The van der Waals surface area contributed by atoms with Gasteiger partial charge in [-0.15, -0.1) is 0 Å². The van der Waals surface area contributed by atoms with Crippen LogP contribution < -0.4 is 10.5 Å². The normalized spacial score (nSPS) is 16.9. The molecule has 8 heteroatoms.